The van der Waals surface area contributed by atoms with Crippen molar-refractivity contribution in [3.63, 3.8) is 0 Å². The average molecular weight is 154 g/mol. The summed E-state index contributed by atoms with van der Waals surface area (Å²) in [4.78, 5) is 10.5. The lowest BCUT2D eigenvalue weighted by Gasteiger charge is -1.87. The molecule has 1 N–H and O–H groups in total. The first kappa shape index (κ1) is 8.31. The summed E-state index contributed by atoms with van der Waals surface area (Å²) >= 11 is 0. The largest absolute Gasteiger partial charge is 0.481 e. The van der Waals surface area contributed by atoms with Gasteiger partial charge in [0, 0.05) is 0 Å². The molecule has 1 aliphatic rings. The number of allylic oxidation sites excluding steroid dienone is 2. The molecule has 0 amide bonds. The zero-order valence-electron chi connectivity index (χ0n) is 7.16. The van der Waals surface area contributed by atoms with Gasteiger partial charge in [-0.1, -0.05) is 18.6 Å². The summed E-state index contributed by atoms with van der Waals surface area (Å²) < 4.78 is 0. The van der Waals surface area contributed by atoms with Crippen LogP contribution in [0.3, 0.4) is 0 Å². The van der Waals surface area contributed by atoms with Crippen LogP contribution < -0.4 is 0 Å². The minimum atomic E-state index is -0.653. The predicted octanol–water partition coefficient (Wildman–Crippen LogP) is 1.92. The molecule has 1 rings (SSSR count). The fourth-order valence-electron chi connectivity index (χ4n) is 1.52. The first-order chi connectivity index (χ1) is 5.04. The molecule has 0 aromatic heterocycles. The Morgan fingerprint density at radius 1 is 1.45 bits per heavy atom. The van der Waals surface area contributed by atoms with Gasteiger partial charge in [-0.15, -0.1) is 0 Å². The van der Waals surface area contributed by atoms with E-state index in [4.69, 9.17) is 5.11 Å². The van der Waals surface area contributed by atoms with Gasteiger partial charge >= 0.3 is 5.97 Å². The molecule has 0 heterocycles. The maximum Gasteiger partial charge on any atom is 0.307 e. The molecule has 11 heavy (non-hydrogen) atoms. The molecule has 0 aromatic carbocycles. The van der Waals surface area contributed by atoms with Gasteiger partial charge in [0.05, 0.1) is 5.92 Å². The number of hydrogen-bond acceptors (Lipinski definition) is 1. The molecule has 0 unspecified atom stereocenters. The topological polar surface area (TPSA) is 37.3 Å². The van der Waals surface area contributed by atoms with Crippen LogP contribution in [0.2, 0.25) is 0 Å². The quantitative estimate of drug-likeness (QED) is 0.617. The molecule has 1 saturated carbocycles. The van der Waals surface area contributed by atoms with E-state index in [0.29, 0.717) is 5.92 Å². The average Bonchev–Trinajstić information content (AvgIpc) is 2.40. The van der Waals surface area contributed by atoms with Crippen molar-refractivity contribution in [1.29, 1.82) is 0 Å². The number of carboxylic acids is 1. The zero-order valence-corrected chi connectivity index (χ0v) is 7.16. The van der Waals surface area contributed by atoms with Gasteiger partial charge in [-0.25, -0.2) is 0 Å². The van der Waals surface area contributed by atoms with Gasteiger partial charge in [-0.2, -0.15) is 0 Å². The molecule has 0 aromatic rings. The number of rotatable bonds is 2. The van der Waals surface area contributed by atoms with Crippen molar-refractivity contribution >= 4 is 5.97 Å². The van der Waals surface area contributed by atoms with Crippen LogP contribution in [0.5, 0.6) is 0 Å². The highest BCUT2D eigenvalue weighted by Crippen LogP contribution is 2.47. The van der Waals surface area contributed by atoms with E-state index in [9.17, 15) is 4.79 Å². The maximum absolute atomic E-state index is 10.5. The van der Waals surface area contributed by atoms with Crippen molar-refractivity contribution in [3.05, 3.63) is 11.6 Å². The molecule has 0 saturated heterocycles. The molecule has 0 aliphatic heterocycles. The summed E-state index contributed by atoms with van der Waals surface area (Å²) in [5, 5.41) is 8.68. The molecule has 1 fully saturated rings. The third kappa shape index (κ3) is 1.62. The molecule has 3 atom stereocenters. The smallest absolute Gasteiger partial charge is 0.307 e. The Bertz CT molecular complexity index is 202. The van der Waals surface area contributed by atoms with E-state index in [1.165, 1.54) is 5.57 Å². The number of aliphatic carboxylic acids is 1. The lowest BCUT2D eigenvalue weighted by Crippen LogP contribution is -1.99. The molecule has 2 heteroatoms. The van der Waals surface area contributed by atoms with Gasteiger partial charge in [-0.3, -0.25) is 4.79 Å². The van der Waals surface area contributed by atoms with E-state index in [2.05, 4.69) is 6.08 Å². The van der Waals surface area contributed by atoms with Gasteiger partial charge in [0.1, 0.15) is 0 Å². The van der Waals surface area contributed by atoms with Gasteiger partial charge < -0.3 is 5.11 Å². The van der Waals surface area contributed by atoms with Crippen LogP contribution in [0.15, 0.2) is 11.6 Å². The lowest BCUT2D eigenvalue weighted by molar-refractivity contribution is -0.139. The highest BCUT2D eigenvalue weighted by atomic mass is 16.4. The van der Waals surface area contributed by atoms with E-state index in [0.717, 1.165) is 0 Å². The lowest BCUT2D eigenvalue weighted by atomic mass is 10.2. The third-order valence-corrected chi connectivity index (χ3v) is 2.26. The SMILES string of the molecule is CC(C)=C[C@H]1[C@H](C)[C@H]1C(=O)O. The number of carbonyl (C=O) groups is 1. The Morgan fingerprint density at radius 2 is 2.00 bits per heavy atom. The molecule has 2 nitrogen and oxygen atoms in total. The second-order valence-electron chi connectivity index (χ2n) is 3.54. The molecule has 62 valence electrons. The summed E-state index contributed by atoms with van der Waals surface area (Å²) in [5.41, 5.74) is 1.21. The first-order valence-electron chi connectivity index (χ1n) is 3.92. The first-order valence-corrected chi connectivity index (χ1v) is 3.92. The Labute approximate surface area is 66.9 Å². The van der Waals surface area contributed by atoms with Crippen LogP contribution in [-0.4, -0.2) is 11.1 Å². The van der Waals surface area contributed by atoms with Crippen molar-refractivity contribution < 1.29 is 9.90 Å². The Hall–Kier alpha value is -0.790. The molecular weight excluding hydrogens is 140 g/mol. The highest BCUT2D eigenvalue weighted by Gasteiger charge is 2.50. The van der Waals surface area contributed by atoms with Crippen LogP contribution in [0.1, 0.15) is 20.8 Å². The predicted molar refractivity (Wildman–Crippen MR) is 43.2 cm³/mol. The van der Waals surface area contributed by atoms with Crippen molar-refractivity contribution in [1.82, 2.24) is 0 Å². The van der Waals surface area contributed by atoms with E-state index in [1.54, 1.807) is 0 Å². The van der Waals surface area contributed by atoms with Crippen LogP contribution in [-0.2, 0) is 4.79 Å². The van der Waals surface area contributed by atoms with Gasteiger partial charge in [0.2, 0.25) is 0 Å². The van der Waals surface area contributed by atoms with Crippen molar-refractivity contribution in [2.75, 3.05) is 0 Å². The molecule has 0 radical (unpaired) electrons. The van der Waals surface area contributed by atoms with E-state index in [-0.39, 0.29) is 11.8 Å². The second-order valence-corrected chi connectivity index (χ2v) is 3.54. The standard InChI is InChI=1S/C9H14O2/c1-5(2)4-7-6(3)8(7)9(10)11/h4,6-8H,1-3H3,(H,10,11)/t6-,7-,8+/m0/s1. The number of carboxylic acid groups (broad SMARTS) is 1. The van der Waals surface area contributed by atoms with Gasteiger partial charge in [-0.05, 0) is 25.7 Å². The van der Waals surface area contributed by atoms with E-state index < -0.39 is 5.97 Å². The Kier molecular flexibility index (Phi) is 2.03. The molecule has 0 spiro atoms. The summed E-state index contributed by atoms with van der Waals surface area (Å²) in [6.45, 7) is 6.00. The van der Waals surface area contributed by atoms with E-state index in [1.807, 2.05) is 20.8 Å². The zero-order chi connectivity index (χ0) is 8.59. The van der Waals surface area contributed by atoms with Crippen LogP contribution in [0, 0.1) is 17.8 Å². The summed E-state index contributed by atoms with van der Waals surface area (Å²) in [5.74, 6) is -0.148. The molecule has 0 bridgehead atoms. The third-order valence-electron chi connectivity index (χ3n) is 2.26. The summed E-state index contributed by atoms with van der Waals surface area (Å²) in [6.07, 6.45) is 2.06. The summed E-state index contributed by atoms with van der Waals surface area (Å²) in [7, 11) is 0. The summed E-state index contributed by atoms with van der Waals surface area (Å²) in [6, 6.07) is 0. The molecular formula is C9H14O2. The fraction of sp³-hybridized carbons (Fsp3) is 0.667. The Balaban J connectivity index is 2.55. The minimum Gasteiger partial charge on any atom is -0.481 e. The normalized spacial score (nSPS) is 34.6. The van der Waals surface area contributed by atoms with Crippen LogP contribution in [0.25, 0.3) is 0 Å². The van der Waals surface area contributed by atoms with E-state index >= 15 is 0 Å². The van der Waals surface area contributed by atoms with Crippen LogP contribution in [0.4, 0.5) is 0 Å². The maximum atomic E-state index is 10.5. The monoisotopic (exact) mass is 154 g/mol. The minimum absolute atomic E-state index is 0.120. The van der Waals surface area contributed by atoms with Crippen molar-refractivity contribution in [3.8, 4) is 0 Å². The molecule has 1 aliphatic carbocycles. The second kappa shape index (κ2) is 2.68. The Morgan fingerprint density at radius 3 is 2.27 bits per heavy atom. The van der Waals surface area contributed by atoms with Crippen LogP contribution >= 0.6 is 0 Å². The van der Waals surface area contributed by atoms with Crippen molar-refractivity contribution in [2.24, 2.45) is 17.8 Å². The van der Waals surface area contributed by atoms with Crippen molar-refractivity contribution in [2.45, 2.75) is 20.8 Å². The number of hydrogen-bond donors (Lipinski definition) is 1. The van der Waals surface area contributed by atoms with Gasteiger partial charge in [0.15, 0.2) is 0 Å². The highest BCUT2D eigenvalue weighted by molar-refractivity contribution is 5.74. The van der Waals surface area contributed by atoms with Gasteiger partial charge in [0.25, 0.3) is 0 Å². The fourth-order valence-corrected chi connectivity index (χ4v) is 1.52.